The minimum Gasteiger partial charge on any atom is -0.330 e. The minimum atomic E-state index is -0.0583. The minimum absolute atomic E-state index is 0.0126. The summed E-state index contributed by atoms with van der Waals surface area (Å²) in [6, 6.07) is 0. The molecule has 0 aliphatic carbocycles. The van der Waals surface area contributed by atoms with Crippen LogP contribution in [-0.4, -0.2) is 95.5 Å². The van der Waals surface area contributed by atoms with Crippen LogP contribution in [0.15, 0.2) is 0 Å². The second-order valence-electron chi connectivity index (χ2n) is 10.9. The van der Waals surface area contributed by atoms with Crippen LogP contribution in [0.4, 0.5) is 0 Å². The molecule has 10 nitrogen and oxygen atoms in total. The summed E-state index contributed by atoms with van der Waals surface area (Å²) in [4.78, 5) is 2.73. The molecular weight excluding hydrogens is 476 g/mol. The van der Waals surface area contributed by atoms with Gasteiger partial charge in [0.2, 0.25) is 0 Å². The average Bonchev–Trinajstić information content (AvgIpc) is 2.94. The van der Waals surface area contributed by atoms with Gasteiger partial charge in [0.15, 0.2) is 0 Å². The molecule has 0 radical (unpaired) electrons. The molecule has 0 bridgehead atoms. The molecule has 0 unspecified atom stereocenters. The van der Waals surface area contributed by atoms with Crippen molar-refractivity contribution in [3.8, 4) is 0 Å². The van der Waals surface area contributed by atoms with Gasteiger partial charge in [-0.3, -0.25) is 4.90 Å². The maximum Gasteiger partial charge on any atom is 0.0278 e. The lowest BCUT2D eigenvalue weighted by molar-refractivity contribution is -0.0654. The van der Waals surface area contributed by atoms with Crippen molar-refractivity contribution in [3.05, 3.63) is 0 Å². The average molecular weight is 545 g/mol. The summed E-state index contributed by atoms with van der Waals surface area (Å²) in [5.74, 6) is 0. The van der Waals surface area contributed by atoms with Crippen molar-refractivity contribution in [2.75, 3.05) is 85.1 Å². The van der Waals surface area contributed by atoms with Crippen molar-refractivity contribution >= 4 is 0 Å². The van der Waals surface area contributed by atoms with Crippen molar-refractivity contribution in [2.45, 2.75) is 89.0 Å². The SMILES string of the molecule is NCCCNCCCCNCC(CCCN)(CCCN)C(CCCN)(CCCN)N(CCCN)CCCN. The molecule has 0 amide bonds. The quantitative estimate of drug-likeness (QED) is 0.0551. The maximum absolute atomic E-state index is 6.16. The summed E-state index contributed by atoms with van der Waals surface area (Å²) < 4.78 is 0. The topological polar surface area (TPSA) is 209 Å². The summed E-state index contributed by atoms with van der Waals surface area (Å²) >= 11 is 0. The molecule has 0 aliphatic heterocycles. The summed E-state index contributed by atoms with van der Waals surface area (Å²) in [7, 11) is 0. The summed E-state index contributed by atoms with van der Waals surface area (Å²) in [5.41, 5.74) is 42.2. The third-order valence-electron chi connectivity index (χ3n) is 8.14. The lowest BCUT2D eigenvalue weighted by Gasteiger charge is -2.58. The van der Waals surface area contributed by atoms with Gasteiger partial charge in [0.25, 0.3) is 0 Å². The van der Waals surface area contributed by atoms with Crippen LogP contribution in [0.3, 0.4) is 0 Å². The Kier molecular flexibility index (Phi) is 25.3. The first-order chi connectivity index (χ1) is 18.6. The van der Waals surface area contributed by atoms with Gasteiger partial charge in [-0.2, -0.15) is 0 Å². The molecule has 0 aromatic heterocycles. The van der Waals surface area contributed by atoms with Gasteiger partial charge >= 0.3 is 0 Å². The molecule has 0 rings (SSSR count). The zero-order valence-corrected chi connectivity index (χ0v) is 24.9. The molecule has 0 saturated carbocycles. The van der Waals surface area contributed by atoms with Gasteiger partial charge in [0, 0.05) is 17.5 Å². The van der Waals surface area contributed by atoms with Crippen LogP contribution in [0, 0.1) is 5.41 Å². The van der Waals surface area contributed by atoms with Gasteiger partial charge in [-0.1, -0.05) is 0 Å². The van der Waals surface area contributed by atoms with Crippen LogP contribution >= 0.6 is 0 Å². The number of nitrogens with two attached hydrogens (primary N) is 7. The third-order valence-corrected chi connectivity index (χ3v) is 8.14. The highest BCUT2D eigenvalue weighted by Crippen LogP contribution is 2.49. The normalized spacial score (nSPS) is 12.6. The van der Waals surface area contributed by atoms with E-state index in [2.05, 4.69) is 15.5 Å². The Bertz CT molecular complexity index is 470. The maximum atomic E-state index is 6.16. The van der Waals surface area contributed by atoms with Gasteiger partial charge < -0.3 is 50.8 Å². The van der Waals surface area contributed by atoms with E-state index in [0.29, 0.717) is 39.3 Å². The van der Waals surface area contributed by atoms with Gasteiger partial charge in [-0.05, 0) is 162 Å². The predicted molar refractivity (Wildman–Crippen MR) is 166 cm³/mol. The Balaban J connectivity index is 6.17. The highest BCUT2D eigenvalue weighted by molar-refractivity contribution is 5.07. The van der Waals surface area contributed by atoms with Crippen molar-refractivity contribution in [1.29, 1.82) is 0 Å². The van der Waals surface area contributed by atoms with E-state index in [1.807, 2.05) is 0 Å². The monoisotopic (exact) mass is 545 g/mol. The van der Waals surface area contributed by atoms with E-state index in [1.165, 1.54) is 0 Å². The van der Waals surface area contributed by atoms with Gasteiger partial charge in [-0.15, -0.1) is 0 Å². The van der Waals surface area contributed by atoms with Crippen LogP contribution in [0.2, 0.25) is 0 Å². The van der Waals surface area contributed by atoms with Crippen molar-refractivity contribution in [1.82, 2.24) is 15.5 Å². The lowest BCUT2D eigenvalue weighted by Crippen LogP contribution is -2.64. The van der Waals surface area contributed by atoms with Crippen molar-refractivity contribution in [3.63, 3.8) is 0 Å². The Labute approximate surface area is 235 Å². The van der Waals surface area contributed by atoms with Crippen LogP contribution in [0.25, 0.3) is 0 Å². The Morgan fingerprint density at radius 1 is 0.421 bits per heavy atom. The fraction of sp³-hybridized carbons (Fsp3) is 1.00. The van der Waals surface area contributed by atoms with Crippen LogP contribution in [-0.2, 0) is 0 Å². The van der Waals surface area contributed by atoms with E-state index in [9.17, 15) is 0 Å². The molecule has 0 fully saturated rings. The summed E-state index contributed by atoms with van der Waals surface area (Å²) in [5, 5.41) is 7.39. The van der Waals surface area contributed by atoms with E-state index in [-0.39, 0.29) is 11.0 Å². The number of hydrogen-bond donors (Lipinski definition) is 9. The zero-order chi connectivity index (χ0) is 28.4. The fourth-order valence-electron chi connectivity index (χ4n) is 6.19. The van der Waals surface area contributed by atoms with Crippen molar-refractivity contribution < 1.29 is 0 Å². The summed E-state index contributed by atoms with van der Waals surface area (Å²) in [6.45, 7) is 10.8. The molecule has 38 heavy (non-hydrogen) atoms. The van der Waals surface area contributed by atoms with E-state index >= 15 is 0 Å². The van der Waals surface area contributed by atoms with Crippen LogP contribution in [0.5, 0.6) is 0 Å². The molecule has 0 aromatic rings. The molecule has 16 N–H and O–H groups in total. The second-order valence-corrected chi connectivity index (χ2v) is 10.9. The molecule has 10 heteroatoms. The molecule has 0 aliphatic rings. The van der Waals surface area contributed by atoms with E-state index in [1.54, 1.807) is 0 Å². The van der Waals surface area contributed by atoms with Gasteiger partial charge in [0.1, 0.15) is 0 Å². The lowest BCUT2D eigenvalue weighted by atomic mass is 9.59. The molecule has 0 heterocycles. The van der Waals surface area contributed by atoms with E-state index < -0.39 is 0 Å². The number of unbranched alkanes of at least 4 members (excludes halogenated alkanes) is 1. The number of nitrogens with one attached hydrogen (secondary N) is 2. The van der Waals surface area contributed by atoms with Crippen LogP contribution < -0.4 is 50.8 Å². The molecule has 0 saturated heterocycles. The highest BCUT2D eigenvalue weighted by Gasteiger charge is 2.52. The smallest absolute Gasteiger partial charge is 0.0278 e. The molecule has 0 aromatic carbocycles. The first kappa shape index (κ1) is 37.6. The zero-order valence-electron chi connectivity index (χ0n) is 24.9. The van der Waals surface area contributed by atoms with E-state index in [4.69, 9.17) is 40.1 Å². The summed E-state index contributed by atoms with van der Waals surface area (Å²) in [6.07, 6.45) is 13.4. The predicted octanol–water partition coefficient (Wildman–Crippen LogP) is -0.0250. The first-order valence-corrected chi connectivity index (χ1v) is 15.6. The number of nitrogens with zero attached hydrogens (tertiary/aromatic N) is 1. The largest absolute Gasteiger partial charge is 0.330 e. The first-order valence-electron chi connectivity index (χ1n) is 15.6. The Hall–Kier alpha value is -0.400. The highest BCUT2D eigenvalue weighted by atomic mass is 15.2. The van der Waals surface area contributed by atoms with Gasteiger partial charge in [-0.25, -0.2) is 0 Å². The van der Waals surface area contributed by atoms with Crippen LogP contribution in [0.1, 0.15) is 83.5 Å². The molecular formula is C28H68N10. The Morgan fingerprint density at radius 3 is 1.26 bits per heavy atom. The number of rotatable bonds is 30. The third kappa shape index (κ3) is 14.3. The molecule has 230 valence electrons. The van der Waals surface area contributed by atoms with Gasteiger partial charge in [0.05, 0.1) is 0 Å². The van der Waals surface area contributed by atoms with Crippen molar-refractivity contribution in [2.24, 2.45) is 45.6 Å². The van der Waals surface area contributed by atoms with E-state index in [0.717, 1.165) is 129 Å². The molecule has 0 spiro atoms. The Morgan fingerprint density at radius 2 is 0.816 bits per heavy atom. The standard InChI is InChI=1S/C28H68N10/c29-14-3-10-27(11-4-15-30,26-37-22-2-1-21-36-23-7-18-33)28(12-5-16-31,13-6-17-32)38(24-8-19-34)25-9-20-35/h36-37H,1-26,29-35H2. The fourth-order valence-corrected chi connectivity index (χ4v) is 6.19. The second kappa shape index (κ2) is 25.6. The molecule has 0 atom stereocenters. The number of hydrogen-bond acceptors (Lipinski definition) is 10.